The zero-order chi connectivity index (χ0) is 6.85. The molecule has 0 aliphatic heterocycles. The van der Waals surface area contributed by atoms with Gasteiger partial charge in [-0.25, -0.2) is 4.79 Å². The number of nitrogens with one attached hydrogen (secondary N) is 2. The van der Waals surface area contributed by atoms with Crippen LogP contribution in [0.1, 0.15) is 5.69 Å². The van der Waals surface area contributed by atoms with Crippen molar-refractivity contribution in [3.8, 4) is 0 Å². The zero-order valence-corrected chi connectivity index (χ0v) is 9.10. The normalized spacial score (nSPS) is 8.50. The topological polar surface area (TPSA) is 65.7 Å². The monoisotopic (exact) mass is 265 g/mol. The van der Waals surface area contributed by atoms with Crippen LogP contribution in [0.5, 0.6) is 0 Å². The molecule has 10 heavy (non-hydrogen) atoms. The average Bonchev–Trinajstić information content (AvgIpc) is 1.59. The predicted octanol–water partition coefficient (Wildman–Crippen LogP) is -0.628. The second-order valence-electron chi connectivity index (χ2n) is 1.77. The third kappa shape index (κ3) is 2.64. The van der Waals surface area contributed by atoms with Gasteiger partial charge in [0.1, 0.15) is 0 Å². The summed E-state index contributed by atoms with van der Waals surface area (Å²) >= 11 is 0. The first kappa shape index (κ1) is 9.87. The third-order valence-corrected chi connectivity index (χ3v) is 0.895. The van der Waals surface area contributed by atoms with E-state index in [0.717, 1.165) is 0 Å². The van der Waals surface area contributed by atoms with Crippen LogP contribution in [0.2, 0.25) is 0 Å². The van der Waals surface area contributed by atoms with Crippen molar-refractivity contribution < 1.29 is 35.6 Å². The number of aromatic nitrogens is 2. The first-order chi connectivity index (χ1) is 4.18. The van der Waals surface area contributed by atoms with E-state index in [1.54, 1.807) is 6.92 Å². The molecular formula is C5H6LaN2O2. The molecule has 0 spiro atoms. The Balaban J connectivity index is 0.000000810. The number of aromatic amines is 2. The fraction of sp³-hybridized carbons (Fsp3) is 0.200. The van der Waals surface area contributed by atoms with Gasteiger partial charge >= 0.3 is 5.69 Å². The van der Waals surface area contributed by atoms with Gasteiger partial charge in [0.15, 0.2) is 0 Å². The van der Waals surface area contributed by atoms with Crippen LogP contribution in [0.3, 0.4) is 0 Å². The summed E-state index contributed by atoms with van der Waals surface area (Å²) in [5, 5.41) is 0. The van der Waals surface area contributed by atoms with Crippen molar-refractivity contribution >= 4 is 0 Å². The van der Waals surface area contributed by atoms with E-state index in [-0.39, 0.29) is 41.2 Å². The van der Waals surface area contributed by atoms with Crippen LogP contribution in [0.15, 0.2) is 15.7 Å². The van der Waals surface area contributed by atoms with E-state index >= 15 is 0 Å². The van der Waals surface area contributed by atoms with E-state index in [0.29, 0.717) is 5.69 Å². The molecule has 4 nitrogen and oxygen atoms in total. The SMILES string of the molecule is Cc1cc(=O)[nH]c(=O)[nH]1.[La]. The van der Waals surface area contributed by atoms with Gasteiger partial charge in [0.2, 0.25) is 0 Å². The summed E-state index contributed by atoms with van der Waals surface area (Å²) in [6.07, 6.45) is 0. The van der Waals surface area contributed by atoms with Gasteiger partial charge in [-0.3, -0.25) is 9.78 Å². The summed E-state index contributed by atoms with van der Waals surface area (Å²) < 4.78 is 0. The molecule has 0 aliphatic rings. The molecule has 51 valence electrons. The van der Waals surface area contributed by atoms with E-state index in [4.69, 9.17) is 0 Å². The minimum absolute atomic E-state index is 0. The maximum atomic E-state index is 10.4. The molecule has 1 radical (unpaired) electrons. The Morgan fingerprint density at radius 2 is 1.90 bits per heavy atom. The largest absolute Gasteiger partial charge is 0.325 e. The van der Waals surface area contributed by atoms with E-state index in [1.807, 2.05) is 4.98 Å². The van der Waals surface area contributed by atoms with Gasteiger partial charge < -0.3 is 4.98 Å². The van der Waals surface area contributed by atoms with Gasteiger partial charge in [0, 0.05) is 47.4 Å². The van der Waals surface area contributed by atoms with Crippen molar-refractivity contribution in [3.63, 3.8) is 0 Å². The van der Waals surface area contributed by atoms with Gasteiger partial charge in [-0.15, -0.1) is 0 Å². The van der Waals surface area contributed by atoms with E-state index in [2.05, 4.69) is 4.98 Å². The summed E-state index contributed by atoms with van der Waals surface area (Å²) in [6.45, 7) is 1.65. The summed E-state index contributed by atoms with van der Waals surface area (Å²) in [4.78, 5) is 25.3. The molecule has 0 aromatic carbocycles. The molecule has 0 bridgehead atoms. The average molecular weight is 265 g/mol. The number of aryl methyl sites for hydroxylation is 1. The Bertz CT molecular complexity index is 286. The molecule has 0 fully saturated rings. The van der Waals surface area contributed by atoms with Gasteiger partial charge in [-0.1, -0.05) is 0 Å². The quantitative estimate of drug-likeness (QED) is 0.656. The van der Waals surface area contributed by atoms with Crippen molar-refractivity contribution in [2.45, 2.75) is 6.92 Å². The van der Waals surface area contributed by atoms with Crippen LogP contribution in [-0.2, 0) is 0 Å². The molecule has 0 amide bonds. The van der Waals surface area contributed by atoms with Gasteiger partial charge in [-0.05, 0) is 6.92 Å². The summed E-state index contributed by atoms with van der Waals surface area (Å²) in [6, 6.07) is 1.32. The first-order valence-electron chi connectivity index (χ1n) is 2.49. The van der Waals surface area contributed by atoms with Crippen molar-refractivity contribution in [2.75, 3.05) is 0 Å². The Morgan fingerprint density at radius 1 is 1.30 bits per heavy atom. The van der Waals surface area contributed by atoms with Crippen LogP contribution >= 0.6 is 0 Å². The molecule has 5 heteroatoms. The fourth-order valence-corrected chi connectivity index (χ4v) is 0.591. The summed E-state index contributed by atoms with van der Waals surface area (Å²) in [7, 11) is 0. The number of hydrogen-bond acceptors (Lipinski definition) is 2. The van der Waals surface area contributed by atoms with Crippen LogP contribution < -0.4 is 11.2 Å². The second kappa shape index (κ2) is 3.90. The van der Waals surface area contributed by atoms with E-state index in [9.17, 15) is 9.59 Å². The summed E-state index contributed by atoms with van der Waals surface area (Å²) in [5.74, 6) is 0. The zero-order valence-electron chi connectivity index (χ0n) is 5.47. The molecule has 0 saturated carbocycles. The Morgan fingerprint density at radius 3 is 2.30 bits per heavy atom. The van der Waals surface area contributed by atoms with Gasteiger partial charge in [0.25, 0.3) is 5.56 Å². The Kier molecular flexibility index (Phi) is 3.85. The predicted molar refractivity (Wildman–Crippen MR) is 32.4 cm³/mol. The van der Waals surface area contributed by atoms with Crippen LogP contribution in [-0.4, -0.2) is 9.97 Å². The maximum absolute atomic E-state index is 10.4. The van der Waals surface area contributed by atoms with Crippen molar-refractivity contribution in [1.82, 2.24) is 9.97 Å². The minimum atomic E-state index is -0.458. The number of hydrogen-bond donors (Lipinski definition) is 2. The van der Waals surface area contributed by atoms with Crippen molar-refractivity contribution in [2.24, 2.45) is 0 Å². The Labute approximate surface area is 84.7 Å². The molecule has 2 N–H and O–H groups in total. The van der Waals surface area contributed by atoms with Gasteiger partial charge in [-0.2, -0.15) is 0 Å². The molecule has 1 rings (SSSR count). The molecule has 0 atom stereocenters. The molecule has 1 heterocycles. The van der Waals surface area contributed by atoms with Crippen molar-refractivity contribution in [1.29, 1.82) is 0 Å². The molecule has 0 saturated heterocycles. The summed E-state index contributed by atoms with van der Waals surface area (Å²) in [5.41, 5.74) is -0.250. The standard InChI is InChI=1S/C5H6N2O2.La/c1-3-2-4(8)7-5(9)6-3;/h2H,1H3,(H2,6,7,8,9);. The molecule has 0 aliphatic carbocycles. The van der Waals surface area contributed by atoms with Crippen LogP contribution in [0.4, 0.5) is 0 Å². The number of H-pyrrole nitrogens is 2. The van der Waals surface area contributed by atoms with Crippen LogP contribution in [0.25, 0.3) is 0 Å². The van der Waals surface area contributed by atoms with E-state index in [1.165, 1.54) is 6.07 Å². The second-order valence-corrected chi connectivity index (χ2v) is 1.77. The maximum Gasteiger partial charge on any atom is 0.325 e. The first-order valence-corrected chi connectivity index (χ1v) is 2.49. The van der Waals surface area contributed by atoms with E-state index < -0.39 is 5.69 Å². The third-order valence-electron chi connectivity index (χ3n) is 0.895. The van der Waals surface area contributed by atoms with Crippen LogP contribution in [0, 0.1) is 42.5 Å². The molecule has 1 aromatic heterocycles. The number of rotatable bonds is 0. The Hall–Kier alpha value is -0.125. The fourth-order valence-electron chi connectivity index (χ4n) is 0.591. The minimum Gasteiger partial charge on any atom is -0.312 e. The van der Waals surface area contributed by atoms with Crippen molar-refractivity contribution in [3.05, 3.63) is 32.6 Å². The molecule has 0 unspecified atom stereocenters. The van der Waals surface area contributed by atoms with Gasteiger partial charge in [0.05, 0.1) is 0 Å². The smallest absolute Gasteiger partial charge is 0.312 e. The molecule has 1 aromatic rings. The molecular weight excluding hydrogens is 259 g/mol.